The summed E-state index contributed by atoms with van der Waals surface area (Å²) in [6, 6.07) is 4.11. The Bertz CT molecular complexity index is 302. The van der Waals surface area contributed by atoms with Crippen molar-refractivity contribution in [3.05, 3.63) is 28.8 Å². The van der Waals surface area contributed by atoms with Crippen molar-refractivity contribution < 1.29 is 5.11 Å². The molecule has 1 heteroatoms. The molecule has 13 heavy (non-hydrogen) atoms. The summed E-state index contributed by atoms with van der Waals surface area (Å²) in [7, 11) is 0. The third-order valence-corrected chi connectivity index (χ3v) is 2.82. The maximum Gasteiger partial charge on any atom is 0.121 e. The molecule has 1 unspecified atom stereocenters. The van der Waals surface area contributed by atoms with E-state index in [1.165, 1.54) is 5.56 Å². The Kier molecular flexibility index (Phi) is 2.97. The van der Waals surface area contributed by atoms with E-state index >= 15 is 0 Å². The van der Waals surface area contributed by atoms with E-state index in [2.05, 4.69) is 19.9 Å². The molecule has 1 nitrogen and oxygen atoms in total. The van der Waals surface area contributed by atoms with Crippen molar-refractivity contribution in [1.29, 1.82) is 0 Å². The molecule has 0 bridgehead atoms. The molecule has 0 aliphatic carbocycles. The van der Waals surface area contributed by atoms with Gasteiger partial charge in [-0.25, -0.2) is 0 Å². The van der Waals surface area contributed by atoms with Gasteiger partial charge >= 0.3 is 0 Å². The Balaban J connectivity index is 3.18. The zero-order valence-corrected chi connectivity index (χ0v) is 8.89. The molecule has 0 saturated heterocycles. The van der Waals surface area contributed by atoms with Crippen LogP contribution in [0.4, 0.5) is 0 Å². The Hall–Kier alpha value is -0.980. The number of hydrogen-bond donors (Lipinski definition) is 1. The average molecular weight is 178 g/mol. The van der Waals surface area contributed by atoms with Crippen molar-refractivity contribution in [2.75, 3.05) is 0 Å². The predicted molar refractivity (Wildman–Crippen MR) is 56.3 cm³/mol. The van der Waals surface area contributed by atoms with Crippen LogP contribution in [0.2, 0.25) is 0 Å². The summed E-state index contributed by atoms with van der Waals surface area (Å²) < 4.78 is 0. The van der Waals surface area contributed by atoms with Gasteiger partial charge in [-0.1, -0.05) is 26.0 Å². The van der Waals surface area contributed by atoms with Crippen LogP contribution < -0.4 is 0 Å². The highest BCUT2D eigenvalue weighted by atomic mass is 16.3. The van der Waals surface area contributed by atoms with E-state index < -0.39 is 0 Å². The number of phenolic OH excluding ortho intramolecular Hbond substituents is 1. The summed E-state index contributed by atoms with van der Waals surface area (Å²) in [4.78, 5) is 0. The van der Waals surface area contributed by atoms with Gasteiger partial charge in [0.2, 0.25) is 0 Å². The van der Waals surface area contributed by atoms with Gasteiger partial charge in [0, 0.05) is 0 Å². The van der Waals surface area contributed by atoms with Gasteiger partial charge in [-0.2, -0.15) is 0 Å². The van der Waals surface area contributed by atoms with Crippen molar-refractivity contribution in [2.45, 2.75) is 40.0 Å². The molecule has 1 N–H and O–H groups in total. The van der Waals surface area contributed by atoms with Crippen LogP contribution in [0.3, 0.4) is 0 Å². The number of hydrogen-bond acceptors (Lipinski definition) is 1. The van der Waals surface area contributed by atoms with Gasteiger partial charge in [0.15, 0.2) is 0 Å². The summed E-state index contributed by atoms with van der Waals surface area (Å²) in [5, 5.41) is 9.73. The van der Waals surface area contributed by atoms with Gasteiger partial charge in [0.25, 0.3) is 0 Å². The van der Waals surface area contributed by atoms with Crippen LogP contribution in [0, 0.1) is 13.8 Å². The Morgan fingerprint density at radius 1 is 1.31 bits per heavy atom. The summed E-state index contributed by atoms with van der Waals surface area (Å²) in [5.74, 6) is 0.990. The van der Waals surface area contributed by atoms with Crippen molar-refractivity contribution in [1.82, 2.24) is 0 Å². The summed E-state index contributed by atoms with van der Waals surface area (Å²) >= 11 is 0. The van der Waals surface area contributed by atoms with Gasteiger partial charge in [0.05, 0.1) is 0 Å². The number of aryl methyl sites for hydroxylation is 1. The first-order valence-electron chi connectivity index (χ1n) is 4.87. The molecular formula is C12H18O. The lowest BCUT2D eigenvalue weighted by Gasteiger charge is -2.14. The van der Waals surface area contributed by atoms with Crippen molar-refractivity contribution in [3.8, 4) is 5.75 Å². The fourth-order valence-corrected chi connectivity index (χ4v) is 1.60. The number of benzene rings is 1. The van der Waals surface area contributed by atoms with Gasteiger partial charge in [-0.05, 0) is 42.9 Å². The monoisotopic (exact) mass is 178 g/mol. The zero-order chi connectivity index (χ0) is 10.0. The van der Waals surface area contributed by atoms with E-state index in [4.69, 9.17) is 0 Å². The molecule has 0 aliphatic rings. The molecule has 0 radical (unpaired) electrons. The highest BCUT2D eigenvalue weighted by Crippen LogP contribution is 2.30. The molecule has 0 saturated carbocycles. The maximum atomic E-state index is 9.73. The van der Waals surface area contributed by atoms with E-state index in [1.54, 1.807) is 0 Å². The second kappa shape index (κ2) is 3.82. The van der Waals surface area contributed by atoms with Crippen LogP contribution in [-0.2, 0) is 0 Å². The largest absolute Gasteiger partial charge is 0.507 e. The maximum absolute atomic E-state index is 9.73. The van der Waals surface area contributed by atoms with Crippen molar-refractivity contribution in [2.24, 2.45) is 0 Å². The van der Waals surface area contributed by atoms with E-state index in [-0.39, 0.29) is 0 Å². The minimum absolute atomic E-state index is 0.456. The van der Waals surface area contributed by atoms with Crippen LogP contribution in [0.25, 0.3) is 0 Å². The molecule has 1 aromatic rings. The minimum atomic E-state index is 0.456. The summed E-state index contributed by atoms with van der Waals surface area (Å²) in [5.41, 5.74) is 3.27. The summed E-state index contributed by atoms with van der Waals surface area (Å²) in [6.07, 6.45) is 1.11. The zero-order valence-electron chi connectivity index (χ0n) is 8.89. The highest BCUT2D eigenvalue weighted by Gasteiger charge is 2.10. The second-order valence-corrected chi connectivity index (χ2v) is 3.75. The lowest BCUT2D eigenvalue weighted by Crippen LogP contribution is -1.96. The van der Waals surface area contributed by atoms with Gasteiger partial charge in [0.1, 0.15) is 5.75 Å². The molecule has 1 aromatic carbocycles. The van der Waals surface area contributed by atoms with Crippen LogP contribution in [0.1, 0.15) is 42.9 Å². The first-order valence-corrected chi connectivity index (χ1v) is 4.87. The van der Waals surface area contributed by atoms with Gasteiger partial charge in [-0.3, -0.25) is 0 Å². The summed E-state index contributed by atoms with van der Waals surface area (Å²) in [6.45, 7) is 8.28. The molecular weight excluding hydrogens is 160 g/mol. The minimum Gasteiger partial charge on any atom is -0.507 e. The van der Waals surface area contributed by atoms with E-state index in [1.807, 2.05) is 19.9 Å². The van der Waals surface area contributed by atoms with Crippen molar-refractivity contribution >= 4 is 0 Å². The smallest absolute Gasteiger partial charge is 0.121 e. The first-order chi connectivity index (χ1) is 6.07. The predicted octanol–water partition coefficient (Wildman–Crippen LogP) is 3.52. The molecule has 0 amide bonds. The molecule has 72 valence electrons. The van der Waals surface area contributed by atoms with Crippen LogP contribution in [0.15, 0.2) is 12.1 Å². The van der Waals surface area contributed by atoms with Crippen LogP contribution in [0.5, 0.6) is 5.75 Å². The fourth-order valence-electron chi connectivity index (χ4n) is 1.60. The quantitative estimate of drug-likeness (QED) is 0.734. The lowest BCUT2D eigenvalue weighted by molar-refractivity contribution is 0.465. The lowest BCUT2D eigenvalue weighted by atomic mass is 9.92. The molecule has 0 aliphatic heterocycles. The second-order valence-electron chi connectivity index (χ2n) is 3.75. The SMILES string of the molecule is CCC(C)c1ccc(C)c(O)c1C. The Morgan fingerprint density at radius 3 is 2.46 bits per heavy atom. The number of aromatic hydroxyl groups is 1. The van der Waals surface area contributed by atoms with Crippen LogP contribution >= 0.6 is 0 Å². The van der Waals surface area contributed by atoms with Crippen LogP contribution in [-0.4, -0.2) is 5.11 Å². The molecule has 1 rings (SSSR count). The molecule has 1 atom stereocenters. The first kappa shape index (κ1) is 10.1. The third-order valence-electron chi connectivity index (χ3n) is 2.82. The third kappa shape index (κ3) is 1.85. The topological polar surface area (TPSA) is 20.2 Å². The van der Waals surface area contributed by atoms with E-state index in [9.17, 15) is 5.11 Å². The van der Waals surface area contributed by atoms with Crippen molar-refractivity contribution in [3.63, 3.8) is 0 Å². The molecule has 0 heterocycles. The highest BCUT2D eigenvalue weighted by molar-refractivity contribution is 5.45. The molecule has 0 fully saturated rings. The molecule has 0 spiro atoms. The van der Waals surface area contributed by atoms with Gasteiger partial charge in [-0.15, -0.1) is 0 Å². The number of rotatable bonds is 2. The Labute approximate surface area is 80.4 Å². The average Bonchev–Trinajstić information content (AvgIpc) is 2.13. The van der Waals surface area contributed by atoms with E-state index in [0.29, 0.717) is 11.7 Å². The van der Waals surface area contributed by atoms with E-state index in [0.717, 1.165) is 17.5 Å². The standard InChI is InChI=1S/C12H18O/c1-5-8(2)11-7-6-9(3)12(13)10(11)4/h6-8,13H,5H2,1-4H3. The molecule has 0 aromatic heterocycles. The van der Waals surface area contributed by atoms with Gasteiger partial charge < -0.3 is 5.11 Å². The fraction of sp³-hybridized carbons (Fsp3) is 0.500. The Morgan fingerprint density at radius 2 is 1.92 bits per heavy atom. The number of phenols is 1. The normalized spacial score (nSPS) is 12.9.